The predicted octanol–water partition coefficient (Wildman–Crippen LogP) is 1.57. The Kier molecular flexibility index (Phi) is 1.65. The first-order chi connectivity index (χ1) is 5.59. The Morgan fingerprint density at radius 3 is 2.92 bits per heavy atom. The van der Waals surface area contributed by atoms with Gasteiger partial charge in [0, 0.05) is 22.0 Å². The van der Waals surface area contributed by atoms with Crippen molar-refractivity contribution in [3.05, 3.63) is 23.7 Å². The van der Waals surface area contributed by atoms with E-state index in [-0.39, 0.29) is 5.41 Å². The van der Waals surface area contributed by atoms with Crippen LogP contribution in [0.3, 0.4) is 0 Å². The summed E-state index contributed by atoms with van der Waals surface area (Å²) >= 11 is 0. The molecule has 0 aromatic heterocycles. The lowest BCUT2D eigenvalue weighted by molar-refractivity contribution is 0.315. The van der Waals surface area contributed by atoms with Crippen LogP contribution in [0.15, 0.2) is 23.7 Å². The quantitative estimate of drug-likeness (QED) is 0.571. The van der Waals surface area contributed by atoms with Gasteiger partial charge in [0.2, 0.25) is 0 Å². The molecule has 0 saturated heterocycles. The fourth-order valence-corrected chi connectivity index (χ4v) is 3.05. The summed E-state index contributed by atoms with van der Waals surface area (Å²) in [4.78, 5) is 0. The molecule has 0 fully saturated rings. The SMILES string of the molecule is CC1(C)C=COC2=C1CS(=O)C2. The summed E-state index contributed by atoms with van der Waals surface area (Å²) in [5.74, 6) is 2.22. The lowest BCUT2D eigenvalue weighted by Gasteiger charge is -2.25. The first-order valence-corrected chi connectivity index (χ1v) is 5.50. The largest absolute Gasteiger partial charge is 0.469 e. The normalized spacial score (nSPS) is 31.7. The van der Waals surface area contributed by atoms with Gasteiger partial charge in [-0.3, -0.25) is 4.21 Å². The van der Waals surface area contributed by atoms with Gasteiger partial charge < -0.3 is 4.74 Å². The van der Waals surface area contributed by atoms with E-state index >= 15 is 0 Å². The summed E-state index contributed by atoms with van der Waals surface area (Å²) in [6.07, 6.45) is 3.73. The number of hydrogen-bond acceptors (Lipinski definition) is 2. The molecular weight excluding hydrogens is 172 g/mol. The van der Waals surface area contributed by atoms with Crippen molar-refractivity contribution in [2.45, 2.75) is 13.8 Å². The fraction of sp³-hybridized carbons (Fsp3) is 0.556. The molecule has 2 aliphatic rings. The second-order valence-corrected chi connectivity index (χ2v) is 5.23. The highest BCUT2D eigenvalue weighted by atomic mass is 32.2. The summed E-state index contributed by atoms with van der Waals surface area (Å²) in [6, 6.07) is 0. The van der Waals surface area contributed by atoms with Crippen LogP contribution in [0, 0.1) is 5.41 Å². The van der Waals surface area contributed by atoms with Crippen molar-refractivity contribution in [2.24, 2.45) is 5.41 Å². The Balaban J connectivity index is 2.37. The second kappa shape index (κ2) is 2.46. The summed E-state index contributed by atoms with van der Waals surface area (Å²) in [5, 5.41) is 0. The Morgan fingerprint density at radius 1 is 1.50 bits per heavy atom. The maximum Gasteiger partial charge on any atom is 0.117 e. The molecule has 2 nitrogen and oxygen atoms in total. The molecule has 0 aliphatic carbocycles. The molecule has 1 atom stereocenters. The van der Waals surface area contributed by atoms with Gasteiger partial charge in [-0.1, -0.05) is 13.8 Å². The minimum Gasteiger partial charge on any atom is -0.469 e. The van der Waals surface area contributed by atoms with Crippen LogP contribution in [0.5, 0.6) is 0 Å². The molecule has 12 heavy (non-hydrogen) atoms. The van der Waals surface area contributed by atoms with Gasteiger partial charge in [0.1, 0.15) is 5.76 Å². The third-order valence-electron chi connectivity index (χ3n) is 2.41. The van der Waals surface area contributed by atoms with Gasteiger partial charge in [-0.15, -0.1) is 0 Å². The van der Waals surface area contributed by atoms with Gasteiger partial charge in [0.05, 0.1) is 12.0 Å². The van der Waals surface area contributed by atoms with Crippen LogP contribution in [0.25, 0.3) is 0 Å². The van der Waals surface area contributed by atoms with Crippen LogP contribution < -0.4 is 0 Å². The van der Waals surface area contributed by atoms with Gasteiger partial charge >= 0.3 is 0 Å². The molecule has 0 N–H and O–H groups in total. The average Bonchev–Trinajstić information content (AvgIpc) is 2.30. The molecule has 0 radical (unpaired) electrons. The first-order valence-electron chi connectivity index (χ1n) is 4.01. The van der Waals surface area contributed by atoms with Gasteiger partial charge in [0.15, 0.2) is 0 Å². The minimum absolute atomic E-state index is 0.0414. The van der Waals surface area contributed by atoms with E-state index < -0.39 is 10.8 Å². The van der Waals surface area contributed by atoms with Crippen molar-refractivity contribution < 1.29 is 8.95 Å². The third kappa shape index (κ3) is 1.12. The van der Waals surface area contributed by atoms with Crippen LogP contribution >= 0.6 is 0 Å². The molecule has 0 aromatic rings. The molecule has 2 rings (SSSR count). The van der Waals surface area contributed by atoms with E-state index in [0.29, 0.717) is 11.5 Å². The summed E-state index contributed by atoms with van der Waals surface area (Å²) in [7, 11) is -0.728. The molecule has 0 bridgehead atoms. The number of hydrogen-bond donors (Lipinski definition) is 0. The Labute approximate surface area is 74.8 Å². The lowest BCUT2D eigenvalue weighted by Crippen LogP contribution is -2.17. The van der Waals surface area contributed by atoms with Crippen LogP contribution in [0.2, 0.25) is 0 Å². The van der Waals surface area contributed by atoms with Crippen molar-refractivity contribution in [2.75, 3.05) is 11.5 Å². The number of allylic oxidation sites excluding steroid dienone is 1. The van der Waals surface area contributed by atoms with E-state index in [1.807, 2.05) is 6.08 Å². The molecule has 1 unspecified atom stereocenters. The van der Waals surface area contributed by atoms with Crippen LogP contribution in [-0.4, -0.2) is 15.7 Å². The molecule has 2 aliphatic heterocycles. The zero-order valence-corrected chi connectivity index (χ0v) is 8.11. The van der Waals surface area contributed by atoms with Crippen LogP contribution in [-0.2, 0) is 15.5 Å². The van der Waals surface area contributed by atoms with Gasteiger partial charge in [-0.2, -0.15) is 0 Å². The van der Waals surface area contributed by atoms with E-state index in [4.69, 9.17) is 4.74 Å². The van der Waals surface area contributed by atoms with Gasteiger partial charge in [-0.25, -0.2) is 0 Å². The monoisotopic (exact) mass is 184 g/mol. The third-order valence-corrected chi connectivity index (χ3v) is 3.60. The van der Waals surface area contributed by atoms with Crippen molar-refractivity contribution in [1.29, 1.82) is 0 Å². The van der Waals surface area contributed by atoms with Crippen LogP contribution in [0.1, 0.15) is 13.8 Å². The number of rotatable bonds is 0. The van der Waals surface area contributed by atoms with Crippen molar-refractivity contribution in [1.82, 2.24) is 0 Å². The number of ether oxygens (including phenoxy) is 1. The Hall–Kier alpha value is -0.570. The van der Waals surface area contributed by atoms with E-state index in [2.05, 4.69) is 13.8 Å². The van der Waals surface area contributed by atoms with Gasteiger partial charge in [-0.05, 0) is 11.6 Å². The molecule has 0 amide bonds. The van der Waals surface area contributed by atoms with Crippen molar-refractivity contribution in [3.8, 4) is 0 Å². The smallest absolute Gasteiger partial charge is 0.117 e. The summed E-state index contributed by atoms with van der Waals surface area (Å²) in [5.41, 5.74) is 1.25. The predicted molar refractivity (Wildman–Crippen MR) is 48.9 cm³/mol. The topological polar surface area (TPSA) is 26.3 Å². The van der Waals surface area contributed by atoms with E-state index in [1.165, 1.54) is 5.57 Å². The molecule has 0 saturated carbocycles. The van der Waals surface area contributed by atoms with Crippen LogP contribution in [0.4, 0.5) is 0 Å². The van der Waals surface area contributed by atoms with E-state index in [0.717, 1.165) is 5.76 Å². The van der Waals surface area contributed by atoms with E-state index in [1.54, 1.807) is 6.26 Å². The maximum absolute atomic E-state index is 11.3. The lowest BCUT2D eigenvalue weighted by atomic mass is 9.84. The molecule has 3 heteroatoms. The highest BCUT2D eigenvalue weighted by Gasteiger charge is 2.34. The standard InChI is InChI=1S/C9H12O2S/c1-9(2)3-4-11-8-6-12(10)5-7(8)9/h3-4H,5-6H2,1-2H3. The van der Waals surface area contributed by atoms with Gasteiger partial charge in [0.25, 0.3) is 0 Å². The molecule has 0 aromatic carbocycles. The second-order valence-electron chi connectivity index (χ2n) is 3.77. The average molecular weight is 184 g/mol. The maximum atomic E-state index is 11.3. The highest BCUT2D eigenvalue weighted by molar-refractivity contribution is 7.85. The highest BCUT2D eigenvalue weighted by Crippen LogP contribution is 2.38. The first kappa shape index (κ1) is 8.05. The van der Waals surface area contributed by atoms with E-state index in [9.17, 15) is 4.21 Å². The zero-order valence-electron chi connectivity index (χ0n) is 7.29. The minimum atomic E-state index is -0.728. The van der Waals surface area contributed by atoms with Crippen molar-refractivity contribution in [3.63, 3.8) is 0 Å². The zero-order chi connectivity index (χ0) is 8.77. The molecule has 66 valence electrons. The Morgan fingerprint density at radius 2 is 2.25 bits per heavy atom. The fourth-order valence-electron chi connectivity index (χ4n) is 1.56. The summed E-state index contributed by atoms with van der Waals surface area (Å²) in [6.45, 7) is 4.26. The van der Waals surface area contributed by atoms with Crippen molar-refractivity contribution >= 4 is 10.8 Å². The Bertz CT molecular complexity index is 300. The molecule has 0 spiro atoms. The molecular formula is C9H12O2S. The molecule has 2 heterocycles. The summed E-state index contributed by atoms with van der Waals surface area (Å²) < 4.78 is 16.6.